The maximum Gasteiger partial charge on any atom is 0.323 e. The molecule has 2 aromatic heterocycles. The van der Waals surface area contributed by atoms with Gasteiger partial charge in [0.2, 0.25) is 27.3 Å². The van der Waals surface area contributed by atoms with Gasteiger partial charge in [-0.25, -0.2) is 13.4 Å². The maximum atomic E-state index is 13.5. The lowest BCUT2D eigenvalue weighted by molar-refractivity contribution is -0.138. The number of carbonyl (C=O) groups excluding carboxylic acids is 4. The number of H-pyrrole nitrogens is 1. The summed E-state index contributed by atoms with van der Waals surface area (Å²) in [5.41, 5.74) is 1.13. The number of hydrogen-bond donors (Lipinski definition) is 7. The van der Waals surface area contributed by atoms with Crippen LogP contribution >= 0.6 is 0 Å². The summed E-state index contributed by atoms with van der Waals surface area (Å²) in [7, 11) is -2.77. The van der Waals surface area contributed by atoms with E-state index < -0.39 is 39.9 Å². The van der Waals surface area contributed by atoms with E-state index >= 15 is 0 Å². The second-order valence-corrected chi connectivity index (χ2v) is 15.1. The molecular formula is C38H48N8O10S. The van der Waals surface area contributed by atoms with Crippen LogP contribution in [0.2, 0.25) is 0 Å². The molecule has 4 aromatic rings. The molecule has 0 aliphatic carbocycles. The van der Waals surface area contributed by atoms with Gasteiger partial charge in [-0.3, -0.25) is 24.0 Å². The number of carboxylic acids is 1. The Labute approximate surface area is 329 Å². The van der Waals surface area contributed by atoms with Crippen LogP contribution in [0.3, 0.4) is 0 Å². The number of nitrogens with zero attached hydrogens (tertiary/aromatic N) is 2. The number of hydrogen-bond acceptors (Lipinski definition) is 11. The molecule has 7 N–H and O–H groups in total. The first-order valence-electron chi connectivity index (χ1n) is 18.2. The minimum Gasteiger partial charge on any atom is -0.494 e. The topological polar surface area (TPSA) is 260 Å². The third-order valence-electron chi connectivity index (χ3n) is 8.74. The number of imidazole rings is 1. The summed E-state index contributed by atoms with van der Waals surface area (Å²) in [6, 6.07) is 6.31. The van der Waals surface area contributed by atoms with E-state index in [1.807, 2.05) is 0 Å². The largest absolute Gasteiger partial charge is 0.494 e. The Kier molecular flexibility index (Phi) is 15.5. The molecule has 306 valence electrons. The highest BCUT2D eigenvalue weighted by atomic mass is 32.2. The number of carbonyl (C=O) groups is 5. The first kappa shape index (κ1) is 43.6. The standard InChI is InChI=1S/C38H48N8O10S/c1-23-17-27(56-16-6-9-33(49)40-13-12-39-32(48)8-5-7-25(3)47)18-24(2)35(23)57(54,55)45-30(37(52)53)21-43-36(51)29-22-46(4)31-19-26(10-11-28(31)34(29)50)20-44-38-41-14-15-42-38/h10-11,14-15,17-19,22,30,45H,5-9,12-13,16,20-21H2,1-4H3,(H,39,48)(H,40,49)(H,43,51)(H,52,53)(H2,41,42,44)/t30-/m0/s1. The van der Waals surface area contributed by atoms with Crippen LogP contribution in [0.4, 0.5) is 5.95 Å². The number of aryl methyl sites for hydroxylation is 3. The Balaban J connectivity index is 1.28. The van der Waals surface area contributed by atoms with E-state index in [4.69, 9.17) is 4.74 Å². The molecule has 4 rings (SSSR count). The van der Waals surface area contributed by atoms with Crippen LogP contribution in [0.1, 0.15) is 66.1 Å². The molecule has 0 fully saturated rings. The highest BCUT2D eigenvalue weighted by molar-refractivity contribution is 7.89. The molecule has 0 saturated heterocycles. The number of sulfonamides is 1. The van der Waals surface area contributed by atoms with Crippen molar-refractivity contribution in [1.29, 1.82) is 0 Å². The number of rotatable bonds is 22. The van der Waals surface area contributed by atoms with Crippen molar-refractivity contribution in [2.24, 2.45) is 7.05 Å². The number of carboxylic acid groups (broad SMARTS) is 1. The van der Waals surface area contributed by atoms with Gasteiger partial charge in [-0.05, 0) is 74.6 Å². The van der Waals surface area contributed by atoms with Gasteiger partial charge in [-0.1, -0.05) is 6.07 Å². The van der Waals surface area contributed by atoms with Gasteiger partial charge in [0.15, 0.2) is 5.95 Å². The third-order valence-corrected chi connectivity index (χ3v) is 10.5. The Morgan fingerprint density at radius 2 is 1.61 bits per heavy atom. The minimum absolute atomic E-state index is 0.0235. The second kappa shape index (κ2) is 20.2. The van der Waals surface area contributed by atoms with Gasteiger partial charge < -0.3 is 45.5 Å². The van der Waals surface area contributed by atoms with Crippen molar-refractivity contribution in [3.63, 3.8) is 0 Å². The Morgan fingerprint density at radius 3 is 2.23 bits per heavy atom. The minimum atomic E-state index is -4.43. The van der Waals surface area contributed by atoms with Gasteiger partial charge >= 0.3 is 5.97 Å². The van der Waals surface area contributed by atoms with Crippen molar-refractivity contribution in [3.05, 3.63) is 81.4 Å². The SMILES string of the molecule is CC(=O)CCCC(=O)NCCNC(=O)CCCOc1cc(C)c(S(=O)(=O)N[C@@H](CNC(=O)c2cn(C)c3cc(CNc4ncc[nH]4)ccc3c2=O)C(=O)O)c(C)c1. The van der Waals surface area contributed by atoms with Gasteiger partial charge in [-0.2, -0.15) is 4.72 Å². The molecule has 2 aromatic carbocycles. The zero-order valence-corrected chi connectivity index (χ0v) is 33.0. The number of aromatic nitrogens is 3. The number of ketones is 1. The number of benzene rings is 2. The molecule has 19 heteroatoms. The molecule has 3 amide bonds. The quantitative estimate of drug-likeness (QED) is 0.0561. The number of aliphatic carboxylic acids is 1. The summed E-state index contributed by atoms with van der Waals surface area (Å²) in [6.45, 7) is 4.93. The van der Waals surface area contributed by atoms with Crippen molar-refractivity contribution in [1.82, 2.24) is 35.2 Å². The summed E-state index contributed by atoms with van der Waals surface area (Å²) in [5, 5.41) is 21.0. The summed E-state index contributed by atoms with van der Waals surface area (Å²) in [5.74, 6) is -1.91. The van der Waals surface area contributed by atoms with E-state index in [0.717, 1.165) is 5.56 Å². The highest BCUT2D eigenvalue weighted by Crippen LogP contribution is 2.26. The van der Waals surface area contributed by atoms with Crippen LogP contribution in [-0.2, 0) is 42.8 Å². The summed E-state index contributed by atoms with van der Waals surface area (Å²) in [4.78, 5) is 80.4. The zero-order valence-electron chi connectivity index (χ0n) is 32.2. The van der Waals surface area contributed by atoms with E-state index in [1.54, 1.807) is 42.2 Å². The van der Waals surface area contributed by atoms with Gasteiger partial charge in [0.05, 0.1) is 17.0 Å². The molecule has 0 aliphatic heterocycles. The lowest BCUT2D eigenvalue weighted by Gasteiger charge is -2.19. The van der Waals surface area contributed by atoms with E-state index in [0.29, 0.717) is 43.0 Å². The monoisotopic (exact) mass is 808 g/mol. The van der Waals surface area contributed by atoms with Crippen LogP contribution in [0.5, 0.6) is 5.75 Å². The average molecular weight is 809 g/mol. The van der Waals surface area contributed by atoms with E-state index in [2.05, 4.69) is 36.0 Å². The molecule has 18 nitrogen and oxygen atoms in total. The first-order valence-corrected chi connectivity index (χ1v) is 19.7. The van der Waals surface area contributed by atoms with Crippen molar-refractivity contribution in [2.75, 3.05) is 31.6 Å². The van der Waals surface area contributed by atoms with Crippen molar-refractivity contribution in [2.45, 2.75) is 70.4 Å². The van der Waals surface area contributed by atoms with Crippen LogP contribution < -0.4 is 36.2 Å². The van der Waals surface area contributed by atoms with Crippen LogP contribution in [0.25, 0.3) is 10.9 Å². The smallest absolute Gasteiger partial charge is 0.323 e. The summed E-state index contributed by atoms with van der Waals surface area (Å²) >= 11 is 0. The Bertz CT molecular complexity index is 2250. The fourth-order valence-electron chi connectivity index (χ4n) is 5.98. The molecule has 0 bridgehead atoms. The molecular weight excluding hydrogens is 761 g/mol. The number of amides is 3. The summed E-state index contributed by atoms with van der Waals surface area (Å²) in [6.07, 6.45) is 6.18. The predicted octanol–water partition coefficient (Wildman–Crippen LogP) is 1.80. The molecule has 0 radical (unpaired) electrons. The molecule has 2 heterocycles. The van der Waals surface area contributed by atoms with Crippen molar-refractivity contribution < 1.29 is 42.2 Å². The van der Waals surface area contributed by atoms with Crippen molar-refractivity contribution >= 4 is 56.3 Å². The number of pyridine rings is 1. The van der Waals surface area contributed by atoms with E-state index in [9.17, 15) is 42.3 Å². The number of ether oxygens (including phenoxy) is 1. The van der Waals surface area contributed by atoms with Crippen LogP contribution in [0, 0.1) is 13.8 Å². The third kappa shape index (κ3) is 12.7. The first-order chi connectivity index (χ1) is 27.0. The van der Waals surface area contributed by atoms with Crippen molar-refractivity contribution in [3.8, 4) is 5.75 Å². The number of Topliss-reactive ketones (excluding diaryl/α,β-unsaturated/α-hetero) is 1. The molecule has 0 aliphatic rings. The highest BCUT2D eigenvalue weighted by Gasteiger charge is 2.29. The van der Waals surface area contributed by atoms with Crippen LogP contribution in [0.15, 0.2) is 58.6 Å². The molecule has 57 heavy (non-hydrogen) atoms. The van der Waals surface area contributed by atoms with Crippen LogP contribution in [-0.4, -0.2) is 89.8 Å². The van der Waals surface area contributed by atoms with E-state index in [-0.39, 0.29) is 77.1 Å². The summed E-state index contributed by atoms with van der Waals surface area (Å²) < 4.78 is 36.5. The Morgan fingerprint density at radius 1 is 0.947 bits per heavy atom. The molecule has 0 spiro atoms. The van der Waals surface area contributed by atoms with E-state index in [1.165, 1.54) is 39.1 Å². The Hall–Kier alpha value is -6.08. The fraction of sp³-hybridized carbons (Fsp3) is 0.395. The number of nitrogens with one attached hydrogen (secondary N) is 6. The van der Waals surface area contributed by atoms with Gasteiger partial charge in [0.1, 0.15) is 23.1 Å². The average Bonchev–Trinajstić information content (AvgIpc) is 3.67. The molecule has 1 atom stereocenters. The number of anilines is 1. The number of fused-ring (bicyclic) bond motifs is 1. The number of aromatic amines is 1. The normalized spacial score (nSPS) is 11.8. The van der Waals surface area contributed by atoms with Gasteiger partial charge in [0.25, 0.3) is 5.91 Å². The maximum absolute atomic E-state index is 13.5. The molecule has 0 unspecified atom stereocenters. The van der Waals surface area contributed by atoms with Gasteiger partial charge in [-0.15, -0.1) is 0 Å². The predicted molar refractivity (Wildman–Crippen MR) is 210 cm³/mol. The van der Waals surface area contributed by atoms with Gasteiger partial charge in [0, 0.05) is 76.5 Å². The fourth-order valence-corrected chi connectivity index (χ4v) is 7.62. The lowest BCUT2D eigenvalue weighted by Crippen LogP contribution is -2.49. The zero-order chi connectivity index (χ0) is 41.7. The lowest BCUT2D eigenvalue weighted by atomic mass is 10.1. The second-order valence-electron chi connectivity index (χ2n) is 13.4. The molecule has 0 saturated carbocycles.